The summed E-state index contributed by atoms with van der Waals surface area (Å²) >= 11 is 9.43. The molecule has 3 rings (SSSR count). The highest BCUT2D eigenvalue weighted by atomic mass is 79.9. The van der Waals surface area contributed by atoms with Gasteiger partial charge in [0.2, 0.25) is 0 Å². The molecule has 1 heterocycles. The number of hydrogen-bond donors (Lipinski definition) is 1. The molecule has 0 spiro atoms. The van der Waals surface area contributed by atoms with Gasteiger partial charge in [0.1, 0.15) is 5.82 Å². The first-order valence-electron chi connectivity index (χ1n) is 5.59. The molecule has 18 heavy (non-hydrogen) atoms. The van der Waals surface area contributed by atoms with Gasteiger partial charge in [0, 0.05) is 15.9 Å². The first-order chi connectivity index (χ1) is 8.70. The lowest BCUT2D eigenvalue weighted by molar-refractivity contribution is 1.04. The molecule has 2 aromatic carbocycles. The second kappa shape index (κ2) is 4.75. The van der Waals surface area contributed by atoms with Crippen LogP contribution in [0.2, 0.25) is 5.02 Å². The van der Waals surface area contributed by atoms with Crippen LogP contribution in [0.15, 0.2) is 46.9 Å². The number of rotatable bonds is 2. The minimum absolute atomic E-state index is 0.756. The van der Waals surface area contributed by atoms with Crippen LogP contribution in [0.1, 0.15) is 11.4 Å². The van der Waals surface area contributed by atoms with E-state index in [4.69, 9.17) is 11.6 Å². The molecular weight excluding hydrogens is 312 g/mol. The Hall–Kier alpha value is -1.32. The van der Waals surface area contributed by atoms with E-state index in [0.717, 1.165) is 38.3 Å². The maximum absolute atomic E-state index is 5.97. The summed E-state index contributed by atoms with van der Waals surface area (Å²) in [6, 6.07) is 13.9. The molecule has 1 aromatic heterocycles. The van der Waals surface area contributed by atoms with Crippen LogP contribution in [0.3, 0.4) is 0 Å². The molecule has 0 atom stereocenters. The SMILES string of the molecule is Clc1cccc(Cc2nc3ccc(Br)cc3[nH]2)c1. The second-order valence-corrected chi connectivity index (χ2v) is 5.50. The Morgan fingerprint density at radius 2 is 2.06 bits per heavy atom. The lowest BCUT2D eigenvalue weighted by Gasteiger charge is -1.98. The van der Waals surface area contributed by atoms with E-state index in [1.165, 1.54) is 0 Å². The van der Waals surface area contributed by atoms with Crippen LogP contribution in [0.25, 0.3) is 11.0 Å². The first-order valence-corrected chi connectivity index (χ1v) is 6.76. The molecule has 0 aliphatic carbocycles. The van der Waals surface area contributed by atoms with E-state index in [2.05, 4.69) is 32.0 Å². The van der Waals surface area contributed by atoms with Gasteiger partial charge in [-0.1, -0.05) is 39.7 Å². The fraction of sp³-hybridized carbons (Fsp3) is 0.0714. The summed E-state index contributed by atoms with van der Waals surface area (Å²) in [7, 11) is 0. The van der Waals surface area contributed by atoms with Crippen molar-refractivity contribution in [1.29, 1.82) is 0 Å². The number of H-pyrrole nitrogens is 1. The van der Waals surface area contributed by atoms with E-state index in [0.29, 0.717) is 0 Å². The lowest BCUT2D eigenvalue weighted by Crippen LogP contribution is -1.90. The summed E-state index contributed by atoms with van der Waals surface area (Å²) < 4.78 is 1.05. The standard InChI is InChI=1S/C14H10BrClN2/c15-10-4-5-12-13(8-10)18-14(17-12)7-9-2-1-3-11(16)6-9/h1-6,8H,7H2,(H,17,18). The molecule has 90 valence electrons. The molecule has 0 aliphatic heterocycles. The van der Waals surface area contributed by atoms with E-state index in [1.54, 1.807) is 0 Å². The molecule has 0 fully saturated rings. The topological polar surface area (TPSA) is 28.7 Å². The van der Waals surface area contributed by atoms with E-state index >= 15 is 0 Å². The molecule has 0 saturated carbocycles. The van der Waals surface area contributed by atoms with Crippen molar-refractivity contribution in [3.05, 3.63) is 63.3 Å². The highest BCUT2D eigenvalue weighted by molar-refractivity contribution is 9.10. The zero-order valence-electron chi connectivity index (χ0n) is 9.45. The third-order valence-corrected chi connectivity index (χ3v) is 3.48. The largest absolute Gasteiger partial charge is 0.342 e. The first kappa shape index (κ1) is 11.8. The van der Waals surface area contributed by atoms with Gasteiger partial charge >= 0.3 is 0 Å². The molecule has 0 saturated heterocycles. The highest BCUT2D eigenvalue weighted by Crippen LogP contribution is 2.19. The summed E-state index contributed by atoms with van der Waals surface area (Å²) in [5.41, 5.74) is 3.18. The zero-order valence-corrected chi connectivity index (χ0v) is 11.8. The highest BCUT2D eigenvalue weighted by Gasteiger charge is 2.04. The van der Waals surface area contributed by atoms with E-state index in [-0.39, 0.29) is 0 Å². The number of hydrogen-bond acceptors (Lipinski definition) is 1. The molecule has 4 heteroatoms. The summed E-state index contributed by atoms with van der Waals surface area (Å²) in [4.78, 5) is 7.88. The Morgan fingerprint density at radius 3 is 2.89 bits per heavy atom. The number of halogens is 2. The van der Waals surface area contributed by atoms with Crippen molar-refractivity contribution in [1.82, 2.24) is 9.97 Å². The Bertz CT molecular complexity index is 706. The van der Waals surface area contributed by atoms with E-state index in [9.17, 15) is 0 Å². The smallest absolute Gasteiger partial charge is 0.111 e. The predicted molar refractivity (Wildman–Crippen MR) is 78.1 cm³/mol. The molecule has 3 aromatic rings. The van der Waals surface area contributed by atoms with Crippen LogP contribution in [0.5, 0.6) is 0 Å². The fourth-order valence-corrected chi connectivity index (χ4v) is 2.53. The van der Waals surface area contributed by atoms with Gasteiger partial charge < -0.3 is 4.98 Å². The van der Waals surface area contributed by atoms with Crippen LogP contribution in [-0.4, -0.2) is 9.97 Å². The fourth-order valence-electron chi connectivity index (χ4n) is 1.96. The van der Waals surface area contributed by atoms with Gasteiger partial charge in [-0.25, -0.2) is 4.98 Å². The number of nitrogens with one attached hydrogen (secondary N) is 1. The van der Waals surface area contributed by atoms with Crippen LogP contribution < -0.4 is 0 Å². The van der Waals surface area contributed by atoms with Crippen molar-refractivity contribution in [2.45, 2.75) is 6.42 Å². The number of benzene rings is 2. The average Bonchev–Trinajstić information content (AvgIpc) is 2.70. The lowest BCUT2D eigenvalue weighted by atomic mass is 10.1. The Morgan fingerprint density at radius 1 is 1.17 bits per heavy atom. The van der Waals surface area contributed by atoms with Gasteiger partial charge in [-0.2, -0.15) is 0 Å². The zero-order chi connectivity index (χ0) is 12.5. The van der Waals surface area contributed by atoms with Crippen molar-refractivity contribution in [2.75, 3.05) is 0 Å². The Kier molecular flexibility index (Phi) is 3.10. The van der Waals surface area contributed by atoms with Crippen LogP contribution in [0, 0.1) is 0 Å². The summed E-state index contributed by atoms with van der Waals surface area (Å²) in [5, 5.41) is 0.756. The van der Waals surface area contributed by atoms with Crippen LogP contribution in [0.4, 0.5) is 0 Å². The Balaban J connectivity index is 1.95. The molecule has 0 radical (unpaired) electrons. The van der Waals surface area contributed by atoms with E-state index in [1.807, 2.05) is 36.4 Å². The summed E-state index contributed by atoms with van der Waals surface area (Å²) in [6.07, 6.45) is 0.757. The molecule has 0 aliphatic rings. The third kappa shape index (κ3) is 2.42. The normalized spacial score (nSPS) is 11.0. The number of fused-ring (bicyclic) bond motifs is 1. The average molecular weight is 322 g/mol. The Labute approximate surface area is 118 Å². The van der Waals surface area contributed by atoms with Crippen LogP contribution >= 0.6 is 27.5 Å². The maximum Gasteiger partial charge on any atom is 0.111 e. The summed E-state index contributed by atoms with van der Waals surface area (Å²) in [6.45, 7) is 0. The van der Waals surface area contributed by atoms with Gasteiger partial charge in [-0.05, 0) is 35.9 Å². The van der Waals surface area contributed by atoms with Gasteiger partial charge in [0.15, 0.2) is 0 Å². The quantitative estimate of drug-likeness (QED) is 0.736. The molecular formula is C14H10BrClN2. The van der Waals surface area contributed by atoms with Gasteiger partial charge in [-0.15, -0.1) is 0 Å². The molecule has 0 bridgehead atoms. The van der Waals surface area contributed by atoms with Gasteiger partial charge in [-0.3, -0.25) is 0 Å². The minimum Gasteiger partial charge on any atom is -0.342 e. The second-order valence-electron chi connectivity index (χ2n) is 4.15. The van der Waals surface area contributed by atoms with Crippen molar-refractivity contribution in [3.63, 3.8) is 0 Å². The van der Waals surface area contributed by atoms with Gasteiger partial charge in [0.25, 0.3) is 0 Å². The minimum atomic E-state index is 0.756. The van der Waals surface area contributed by atoms with Crippen molar-refractivity contribution in [3.8, 4) is 0 Å². The van der Waals surface area contributed by atoms with Crippen molar-refractivity contribution < 1.29 is 0 Å². The van der Waals surface area contributed by atoms with Crippen molar-refractivity contribution >= 4 is 38.6 Å². The number of imidazole rings is 1. The van der Waals surface area contributed by atoms with Crippen molar-refractivity contribution in [2.24, 2.45) is 0 Å². The number of aromatic amines is 1. The molecule has 1 N–H and O–H groups in total. The van der Waals surface area contributed by atoms with Gasteiger partial charge in [0.05, 0.1) is 11.0 Å². The molecule has 0 amide bonds. The predicted octanol–water partition coefficient (Wildman–Crippen LogP) is 4.57. The summed E-state index contributed by atoms with van der Waals surface area (Å²) in [5.74, 6) is 0.949. The third-order valence-electron chi connectivity index (χ3n) is 2.75. The van der Waals surface area contributed by atoms with Crippen LogP contribution in [-0.2, 0) is 6.42 Å². The monoisotopic (exact) mass is 320 g/mol. The number of aromatic nitrogens is 2. The maximum atomic E-state index is 5.97. The molecule has 0 unspecified atom stereocenters. The van der Waals surface area contributed by atoms with E-state index < -0.39 is 0 Å². The molecule has 2 nitrogen and oxygen atoms in total. The number of nitrogens with zero attached hydrogens (tertiary/aromatic N) is 1.